The molecule has 5 rings (SSSR count). The highest BCUT2D eigenvalue weighted by Crippen LogP contribution is 2.67. The monoisotopic (exact) mass is 1250 g/mol. The molecule has 0 spiro atoms. The molecule has 4 aliphatic rings. The third kappa shape index (κ3) is 20.5. The minimum atomic E-state index is -1.96. The fraction of sp³-hybridized carbons (Fsp3) is 0.789. The summed E-state index contributed by atoms with van der Waals surface area (Å²) in [5.74, 6) is -6.18. The molecular formula is C71H113NO17. The third-order valence-corrected chi connectivity index (χ3v) is 19.8. The number of aliphatic hydroxyl groups excluding tert-OH is 2. The molecule has 1 aromatic rings. The first-order valence-electron chi connectivity index (χ1n) is 34.1. The minimum absolute atomic E-state index is 0.127. The van der Waals surface area contributed by atoms with Crippen LogP contribution in [-0.4, -0.2) is 125 Å². The van der Waals surface area contributed by atoms with Gasteiger partial charge in [0.05, 0.1) is 42.7 Å². The Morgan fingerprint density at radius 3 is 1.64 bits per heavy atom. The molecule has 18 heteroatoms. The first-order chi connectivity index (χ1) is 42.2. The number of rotatable bonds is 38. The standard InChI is InChI=1S/C71H113NO17/c1-12-14-16-18-20-22-24-26-28-30-35-39-55(74)83-45-51(86-57(76)40-36-31-29-27-25-23-21-19-17-15-13-2)46-84-56(75)41-42-58(77)88-62(60(50-37-33-32-34-38-50)72-66(81)89-67(5,6)7)65(80)87-52-44-71(82)49(4)63-69(10)47-85-54(69)43-53(73)70(63,11)64(79)61(78)59(48(52)3)68(71,8)9/h32-34,37-38,49,51-54,60-63,73,78,82H,12-31,35-36,39-47H2,1-11H3,(H,72,81)/t49-,51?,52-,53-,54+,60-,61+,62+,63+,69+,70+,71+/m0/s1. The molecule has 1 unspecified atom stereocenters. The molecule has 0 radical (unpaired) electrons. The number of benzene rings is 1. The van der Waals surface area contributed by atoms with Crippen LogP contribution in [0.25, 0.3) is 0 Å². The van der Waals surface area contributed by atoms with E-state index in [1.807, 2.05) is 13.8 Å². The van der Waals surface area contributed by atoms with Gasteiger partial charge >= 0.3 is 35.9 Å². The van der Waals surface area contributed by atoms with E-state index in [0.29, 0.717) is 18.4 Å². The molecule has 3 fully saturated rings. The van der Waals surface area contributed by atoms with Crippen LogP contribution in [0.4, 0.5) is 4.79 Å². The summed E-state index contributed by atoms with van der Waals surface area (Å²) in [5.41, 5.74) is -5.54. The van der Waals surface area contributed by atoms with Gasteiger partial charge < -0.3 is 53.8 Å². The van der Waals surface area contributed by atoms with Crippen molar-refractivity contribution in [3.05, 3.63) is 47.0 Å². The average Bonchev–Trinajstić information content (AvgIpc) is 0.683. The summed E-state index contributed by atoms with van der Waals surface area (Å²) in [4.78, 5) is 97.4. The lowest BCUT2D eigenvalue weighted by Crippen LogP contribution is -2.75. The predicted molar refractivity (Wildman–Crippen MR) is 338 cm³/mol. The molecular weight excluding hydrogens is 1140 g/mol. The van der Waals surface area contributed by atoms with Gasteiger partial charge in [-0.25, -0.2) is 9.59 Å². The third-order valence-electron chi connectivity index (χ3n) is 19.8. The summed E-state index contributed by atoms with van der Waals surface area (Å²) in [5, 5.41) is 40.1. The van der Waals surface area contributed by atoms with Crippen molar-refractivity contribution in [1.82, 2.24) is 5.32 Å². The van der Waals surface area contributed by atoms with E-state index in [1.165, 1.54) is 83.5 Å². The Labute approximate surface area is 531 Å². The molecule has 504 valence electrons. The lowest BCUT2D eigenvalue weighted by Gasteiger charge is -2.68. The molecule has 1 saturated heterocycles. The molecule has 18 nitrogen and oxygen atoms in total. The highest BCUT2D eigenvalue weighted by atomic mass is 16.6. The molecule has 2 saturated carbocycles. The van der Waals surface area contributed by atoms with Crippen molar-refractivity contribution in [2.24, 2.45) is 28.1 Å². The van der Waals surface area contributed by atoms with E-state index in [0.717, 1.165) is 44.9 Å². The zero-order valence-corrected chi connectivity index (χ0v) is 56.1. The number of carbonyl (C=O) groups is 7. The Morgan fingerprint density at radius 1 is 0.674 bits per heavy atom. The maximum atomic E-state index is 15.1. The zero-order chi connectivity index (χ0) is 65.6. The van der Waals surface area contributed by atoms with Gasteiger partial charge in [-0.2, -0.15) is 0 Å². The van der Waals surface area contributed by atoms with E-state index in [1.54, 1.807) is 78.8 Å². The largest absolute Gasteiger partial charge is 0.462 e. The number of alkyl carbamates (subject to hydrolysis) is 1. The van der Waals surface area contributed by atoms with Crippen LogP contribution in [0, 0.1) is 28.1 Å². The maximum absolute atomic E-state index is 15.1. The SMILES string of the molecule is CCCCCCCCCCCCCC(=O)OCC(COC(=O)CCC(=O)O[C@@H](C(=O)O[C@H]1C[C@@]2(O)[C@@H](C)[C@@H]3[C@]4(C)CO[C@@H]4C[C@H](O)[C@@]3(C)C(=O)[C@H](O)C(=C1C)C2(C)C)[C@@H](NC(=O)OC(C)(C)C)c1ccccc1)OC(=O)CCCCCCCCCCCCC. The molecule has 3 aliphatic carbocycles. The van der Waals surface area contributed by atoms with Gasteiger partial charge in [0.15, 0.2) is 11.9 Å². The normalized spacial score (nSPS) is 26.4. The van der Waals surface area contributed by atoms with Crippen molar-refractivity contribution in [2.75, 3.05) is 19.8 Å². The topological polar surface area (TPSA) is 257 Å². The lowest BCUT2D eigenvalue weighted by atomic mass is 9.40. The van der Waals surface area contributed by atoms with Crippen LogP contribution in [0.2, 0.25) is 0 Å². The predicted octanol–water partition coefficient (Wildman–Crippen LogP) is 13.1. The van der Waals surface area contributed by atoms with Gasteiger partial charge in [-0.05, 0) is 76.0 Å². The number of Topliss-reactive ketones (excluding diaryl/α,β-unsaturated/α-hetero) is 1. The summed E-state index contributed by atoms with van der Waals surface area (Å²) in [7, 11) is 0. The van der Waals surface area contributed by atoms with Crippen LogP contribution in [0.15, 0.2) is 41.5 Å². The molecule has 1 amide bonds. The summed E-state index contributed by atoms with van der Waals surface area (Å²) < 4.78 is 40.7. The molecule has 4 N–H and O–H groups in total. The first-order valence-corrected chi connectivity index (χ1v) is 34.1. The van der Waals surface area contributed by atoms with Crippen molar-refractivity contribution < 1.29 is 82.0 Å². The number of carbonyl (C=O) groups excluding carboxylic acids is 7. The number of amides is 1. The second-order valence-corrected chi connectivity index (χ2v) is 28.1. The molecule has 0 aromatic heterocycles. The first kappa shape index (κ1) is 74.8. The summed E-state index contributed by atoms with van der Waals surface area (Å²) in [6.07, 6.45) is 14.9. The second-order valence-electron chi connectivity index (χ2n) is 28.1. The Hall–Kier alpha value is -4.91. The van der Waals surface area contributed by atoms with Crippen molar-refractivity contribution >= 4 is 41.7 Å². The number of hydrogen-bond donors (Lipinski definition) is 4. The quantitative estimate of drug-likeness (QED) is 0.0208. The Bertz CT molecular complexity index is 2470. The zero-order valence-electron chi connectivity index (χ0n) is 56.1. The highest BCUT2D eigenvalue weighted by molar-refractivity contribution is 5.93. The van der Waals surface area contributed by atoms with Gasteiger partial charge in [0.1, 0.15) is 37.1 Å². The number of ether oxygens (including phenoxy) is 7. The highest BCUT2D eigenvalue weighted by Gasteiger charge is 2.73. The van der Waals surface area contributed by atoms with Crippen molar-refractivity contribution in [3.63, 3.8) is 0 Å². The van der Waals surface area contributed by atoms with E-state index in [4.69, 9.17) is 33.2 Å². The number of fused-ring (bicyclic) bond motifs is 5. The van der Waals surface area contributed by atoms with Gasteiger partial charge in [-0.3, -0.25) is 24.0 Å². The lowest BCUT2D eigenvalue weighted by molar-refractivity contribution is -0.302. The molecule has 1 heterocycles. The molecule has 1 aliphatic heterocycles. The Morgan fingerprint density at radius 2 is 1.15 bits per heavy atom. The second kappa shape index (κ2) is 35.2. The van der Waals surface area contributed by atoms with Gasteiger partial charge in [0, 0.05) is 36.5 Å². The summed E-state index contributed by atoms with van der Waals surface area (Å²) >= 11 is 0. The molecule has 12 atom stereocenters. The van der Waals surface area contributed by atoms with E-state index in [2.05, 4.69) is 19.2 Å². The minimum Gasteiger partial charge on any atom is -0.462 e. The number of hydrogen-bond acceptors (Lipinski definition) is 17. The Balaban J connectivity index is 1.30. The number of unbranched alkanes of at least 4 members (excludes halogenated alkanes) is 20. The van der Waals surface area contributed by atoms with Crippen LogP contribution in [0.3, 0.4) is 0 Å². The fourth-order valence-corrected chi connectivity index (χ4v) is 14.6. The molecule has 1 aromatic carbocycles. The van der Waals surface area contributed by atoms with E-state index < -0.39 is 143 Å². The number of esters is 5. The van der Waals surface area contributed by atoms with Gasteiger partial charge in [-0.1, -0.05) is 200 Å². The van der Waals surface area contributed by atoms with Crippen LogP contribution in [0.5, 0.6) is 0 Å². The summed E-state index contributed by atoms with van der Waals surface area (Å²) in [6, 6.07) is 6.74. The van der Waals surface area contributed by atoms with Crippen LogP contribution in [0.1, 0.15) is 268 Å². The Kier molecular flexibility index (Phi) is 29.6. The van der Waals surface area contributed by atoms with Crippen LogP contribution < -0.4 is 5.32 Å². The molecule has 2 bridgehead atoms. The van der Waals surface area contributed by atoms with Gasteiger partial charge in [0.25, 0.3) is 0 Å². The van der Waals surface area contributed by atoms with E-state index >= 15 is 4.79 Å². The smallest absolute Gasteiger partial charge is 0.408 e. The van der Waals surface area contributed by atoms with Crippen molar-refractivity contribution in [2.45, 2.75) is 310 Å². The number of aliphatic hydroxyl groups is 3. The van der Waals surface area contributed by atoms with Gasteiger partial charge in [0.2, 0.25) is 6.10 Å². The average molecular weight is 1250 g/mol. The van der Waals surface area contributed by atoms with Crippen molar-refractivity contribution in [3.8, 4) is 0 Å². The van der Waals surface area contributed by atoms with Crippen molar-refractivity contribution in [1.29, 1.82) is 0 Å². The van der Waals surface area contributed by atoms with E-state index in [-0.39, 0.29) is 50.0 Å². The number of ketones is 1. The van der Waals surface area contributed by atoms with E-state index in [9.17, 15) is 44.1 Å². The van der Waals surface area contributed by atoms with Crippen LogP contribution in [-0.2, 0) is 61.9 Å². The summed E-state index contributed by atoms with van der Waals surface area (Å²) in [6.45, 7) is 19.3. The van der Waals surface area contributed by atoms with Gasteiger partial charge in [-0.15, -0.1) is 0 Å². The van der Waals surface area contributed by atoms with Crippen LogP contribution >= 0.6 is 0 Å². The maximum Gasteiger partial charge on any atom is 0.408 e. The molecule has 89 heavy (non-hydrogen) atoms. The number of nitrogens with one attached hydrogen (secondary N) is 1. The fourth-order valence-electron chi connectivity index (χ4n) is 14.6.